The molecule has 0 spiro atoms. The number of aliphatic hydroxyl groups is 1. The highest BCUT2D eigenvalue weighted by molar-refractivity contribution is 7.47. The lowest BCUT2D eigenvalue weighted by Gasteiger charge is -2.21. The minimum Gasteiger partial charge on any atom is -0.462 e. The molecule has 0 aliphatic carbocycles. The summed E-state index contributed by atoms with van der Waals surface area (Å²) in [5.41, 5.74) is 0. The van der Waals surface area contributed by atoms with Crippen molar-refractivity contribution in [3.8, 4) is 0 Å². The Labute approximate surface area is 655 Å². The third-order valence-electron chi connectivity index (χ3n) is 17.0. The summed E-state index contributed by atoms with van der Waals surface area (Å²) in [5.74, 6) is -2.26. The highest BCUT2D eigenvalue weighted by Gasteiger charge is 2.30. The molecule has 5 unspecified atom stereocenters. The van der Waals surface area contributed by atoms with Crippen molar-refractivity contribution in [1.82, 2.24) is 0 Å². The number of aliphatic hydroxyl groups excluding tert-OH is 1. The van der Waals surface area contributed by atoms with E-state index in [1.54, 1.807) is 0 Å². The van der Waals surface area contributed by atoms with Gasteiger partial charge in [0, 0.05) is 25.7 Å². The number of hydrogen-bond acceptors (Lipinski definition) is 15. The average molecular weight is 1550 g/mol. The van der Waals surface area contributed by atoms with Crippen molar-refractivity contribution in [3.63, 3.8) is 0 Å². The normalized spacial score (nSPS) is 14.6. The third-order valence-corrected chi connectivity index (χ3v) is 18.9. The number of esters is 4. The fraction of sp³-hybridized carbons (Fsp3) is 0.663. The Morgan fingerprint density at radius 2 is 0.481 bits per heavy atom. The summed E-state index contributed by atoms with van der Waals surface area (Å²) < 4.78 is 68.7. The highest BCUT2D eigenvalue weighted by Crippen LogP contribution is 2.45. The van der Waals surface area contributed by atoms with Gasteiger partial charge in [-0.1, -0.05) is 308 Å². The fourth-order valence-electron chi connectivity index (χ4n) is 10.8. The van der Waals surface area contributed by atoms with Crippen LogP contribution in [0.1, 0.15) is 323 Å². The molecule has 0 amide bonds. The largest absolute Gasteiger partial charge is 0.472 e. The molecule has 3 N–H and O–H groups in total. The van der Waals surface area contributed by atoms with Crippen LogP contribution in [0.25, 0.3) is 0 Å². The van der Waals surface area contributed by atoms with Gasteiger partial charge in [0.1, 0.15) is 19.3 Å². The van der Waals surface area contributed by atoms with Crippen molar-refractivity contribution in [2.75, 3.05) is 39.6 Å². The first kappa shape index (κ1) is 103. The van der Waals surface area contributed by atoms with Crippen molar-refractivity contribution in [2.24, 2.45) is 0 Å². The minimum absolute atomic E-state index is 0.0709. The van der Waals surface area contributed by atoms with Crippen LogP contribution in [-0.2, 0) is 65.4 Å². The Kier molecular flexibility index (Phi) is 75.8. The predicted octanol–water partition coefficient (Wildman–Crippen LogP) is 24.8. The number of hydrogen-bond donors (Lipinski definition) is 3. The Morgan fingerprint density at radius 1 is 0.269 bits per heavy atom. The standard InChI is InChI=1S/C89H148O17P2/c1-5-9-13-17-21-25-29-33-36-39-41-44-46-50-53-57-61-65-69-73-86(91)99-79-84(105-88(93)75-71-67-63-59-55-49-32-28-24-20-16-12-8-4)81-103-107(95,96)101-77-83(90)78-102-108(97,98)104-82-85(106-89(94)76-72-68-64-60-56-52-48-43-38-35-31-27-23-19-15-11-7-3)80-100-87(92)74-70-66-62-58-54-51-47-45-42-40-37-34-30-26-22-18-14-10-6-2/h9-11,13-15,21-23,25-27,33-38,41-42,44-45,50-51,53-54,83-85,90H,5-8,12,16-20,24,28-32,39-40,43,46-49,52,55-82H2,1-4H3,(H,95,96)(H,97,98)/b13-9-,14-10-,15-11-,25-21-,26-22-,27-23-,36-33-,37-34-,38-35-,44-41-,45-42-,53-50-,54-51-. The van der Waals surface area contributed by atoms with E-state index in [0.29, 0.717) is 25.7 Å². The van der Waals surface area contributed by atoms with Gasteiger partial charge in [0.05, 0.1) is 26.4 Å². The molecule has 0 aromatic rings. The monoisotopic (exact) mass is 1550 g/mol. The number of rotatable bonds is 77. The van der Waals surface area contributed by atoms with Gasteiger partial charge in [-0.05, 0) is 148 Å². The van der Waals surface area contributed by atoms with E-state index in [0.717, 1.165) is 193 Å². The first-order chi connectivity index (χ1) is 52.7. The molecule has 5 atom stereocenters. The summed E-state index contributed by atoms with van der Waals surface area (Å²) in [6.45, 7) is 4.47. The van der Waals surface area contributed by atoms with Gasteiger partial charge >= 0.3 is 39.5 Å². The molecule has 0 aromatic heterocycles. The molecule has 616 valence electrons. The van der Waals surface area contributed by atoms with Crippen LogP contribution in [0.2, 0.25) is 0 Å². The van der Waals surface area contributed by atoms with Crippen LogP contribution in [0.15, 0.2) is 158 Å². The zero-order valence-electron chi connectivity index (χ0n) is 67.5. The number of phosphoric acid groups is 2. The topological polar surface area (TPSA) is 237 Å². The quantitative estimate of drug-likeness (QED) is 0.0169. The fourth-order valence-corrected chi connectivity index (χ4v) is 12.3. The van der Waals surface area contributed by atoms with Gasteiger partial charge in [0.2, 0.25) is 0 Å². The van der Waals surface area contributed by atoms with Crippen LogP contribution >= 0.6 is 15.6 Å². The SMILES string of the molecule is CC/C=C\C/C=C\C/C=C\C/C=C\C/C=C\CCCCCC(=O)OCC(COP(=O)(O)OCC(O)COP(=O)(O)OCC(COC(=O)CCCCC/C=C\C/C=C\C/C=C\C/C=C\C/C=C\CC)OC(=O)CCCCCCCCCCCCCCC)OC(=O)CCCCCCCCC/C=C\C/C=C\C/C=C\CC. The van der Waals surface area contributed by atoms with Crippen molar-refractivity contribution < 1.29 is 80.2 Å². The summed E-state index contributed by atoms with van der Waals surface area (Å²) in [6, 6.07) is 0. The maximum Gasteiger partial charge on any atom is 0.472 e. The van der Waals surface area contributed by atoms with Crippen LogP contribution in [-0.4, -0.2) is 96.7 Å². The van der Waals surface area contributed by atoms with Gasteiger partial charge in [-0.25, -0.2) is 9.13 Å². The van der Waals surface area contributed by atoms with Crippen molar-refractivity contribution in [3.05, 3.63) is 158 Å². The molecule has 19 heteroatoms. The summed E-state index contributed by atoms with van der Waals surface area (Å²) in [6.07, 6.45) is 93.5. The summed E-state index contributed by atoms with van der Waals surface area (Å²) in [7, 11) is -9.99. The van der Waals surface area contributed by atoms with E-state index in [1.165, 1.54) is 51.4 Å². The lowest BCUT2D eigenvalue weighted by molar-refractivity contribution is -0.161. The summed E-state index contributed by atoms with van der Waals surface area (Å²) in [4.78, 5) is 73.2. The average Bonchev–Trinajstić information content (AvgIpc) is 0.886. The molecule has 0 saturated carbocycles. The van der Waals surface area contributed by atoms with Gasteiger partial charge in [-0.3, -0.25) is 37.3 Å². The predicted molar refractivity (Wildman–Crippen MR) is 445 cm³/mol. The molecule has 0 radical (unpaired) electrons. The van der Waals surface area contributed by atoms with E-state index in [9.17, 15) is 43.2 Å². The minimum atomic E-state index is -5.00. The second-order valence-corrected chi connectivity index (χ2v) is 30.2. The Bertz CT molecular complexity index is 2660. The Hall–Kier alpha value is -5.32. The molecule has 17 nitrogen and oxygen atoms in total. The second kappa shape index (κ2) is 79.8. The highest BCUT2D eigenvalue weighted by atomic mass is 31.2. The Morgan fingerprint density at radius 3 is 0.750 bits per heavy atom. The second-order valence-electron chi connectivity index (χ2n) is 27.3. The van der Waals surface area contributed by atoms with E-state index in [2.05, 4.69) is 186 Å². The molecule has 108 heavy (non-hydrogen) atoms. The molecule has 0 bridgehead atoms. The lowest BCUT2D eigenvalue weighted by atomic mass is 10.0. The lowest BCUT2D eigenvalue weighted by Crippen LogP contribution is -2.30. The maximum atomic E-state index is 13.1. The Balaban J connectivity index is 5.43. The van der Waals surface area contributed by atoms with Crippen LogP contribution in [0.3, 0.4) is 0 Å². The van der Waals surface area contributed by atoms with Crippen molar-refractivity contribution in [1.29, 1.82) is 0 Å². The van der Waals surface area contributed by atoms with E-state index in [4.69, 9.17) is 37.0 Å². The van der Waals surface area contributed by atoms with E-state index in [1.807, 2.05) is 0 Å². The molecule has 0 aliphatic heterocycles. The number of carbonyl (C=O) groups is 4. The van der Waals surface area contributed by atoms with Crippen LogP contribution in [0.5, 0.6) is 0 Å². The smallest absolute Gasteiger partial charge is 0.462 e. The number of allylic oxidation sites excluding steroid dienone is 26. The van der Waals surface area contributed by atoms with Crippen LogP contribution in [0, 0.1) is 0 Å². The van der Waals surface area contributed by atoms with Gasteiger partial charge < -0.3 is 33.8 Å². The van der Waals surface area contributed by atoms with Gasteiger partial charge in [-0.2, -0.15) is 0 Å². The number of phosphoric ester groups is 2. The van der Waals surface area contributed by atoms with Gasteiger partial charge in [0.15, 0.2) is 12.2 Å². The molecule has 0 rings (SSSR count). The molecule has 0 aromatic carbocycles. The van der Waals surface area contributed by atoms with Gasteiger partial charge in [-0.15, -0.1) is 0 Å². The zero-order chi connectivity index (χ0) is 78.9. The first-order valence-electron chi connectivity index (χ1n) is 41.7. The molecule has 0 fully saturated rings. The van der Waals surface area contributed by atoms with Crippen molar-refractivity contribution in [2.45, 2.75) is 341 Å². The van der Waals surface area contributed by atoms with E-state index < -0.39 is 97.5 Å². The maximum absolute atomic E-state index is 13.1. The van der Waals surface area contributed by atoms with Crippen LogP contribution < -0.4 is 0 Å². The molecular formula is C89H148O17P2. The number of unbranched alkanes of at least 4 members (excludes halogenated alkanes) is 25. The zero-order valence-corrected chi connectivity index (χ0v) is 69.3. The summed E-state index contributed by atoms with van der Waals surface area (Å²) in [5, 5.41) is 10.7. The molecule has 0 heterocycles. The molecule has 0 saturated heterocycles. The summed E-state index contributed by atoms with van der Waals surface area (Å²) >= 11 is 0. The van der Waals surface area contributed by atoms with Crippen LogP contribution in [0.4, 0.5) is 0 Å². The van der Waals surface area contributed by atoms with Crippen molar-refractivity contribution >= 4 is 39.5 Å². The first-order valence-corrected chi connectivity index (χ1v) is 44.7. The van der Waals surface area contributed by atoms with Gasteiger partial charge in [0.25, 0.3) is 0 Å². The third kappa shape index (κ3) is 78.8. The molecule has 0 aliphatic rings. The van der Waals surface area contributed by atoms with E-state index in [-0.39, 0.29) is 25.7 Å². The number of ether oxygens (including phenoxy) is 4. The molecular weight excluding hydrogens is 1400 g/mol. The number of carbonyl (C=O) groups excluding carboxylic acids is 4. The van der Waals surface area contributed by atoms with E-state index >= 15 is 0 Å².